The number of rotatable bonds is 3. The molecule has 19 heavy (non-hydrogen) atoms. The van der Waals surface area contributed by atoms with Gasteiger partial charge in [-0.1, -0.05) is 30.6 Å². The Labute approximate surface area is 118 Å². The second-order valence-corrected chi connectivity index (χ2v) is 6.62. The van der Waals surface area contributed by atoms with Crippen molar-refractivity contribution < 1.29 is 0 Å². The van der Waals surface area contributed by atoms with E-state index in [0.717, 1.165) is 28.8 Å². The van der Waals surface area contributed by atoms with Crippen LogP contribution in [0, 0.1) is 5.92 Å². The van der Waals surface area contributed by atoms with Crippen LogP contribution in [-0.2, 0) is 0 Å². The molecule has 0 bridgehead atoms. The van der Waals surface area contributed by atoms with Crippen molar-refractivity contribution in [2.24, 2.45) is 5.92 Å². The van der Waals surface area contributed by atoms with Crippen molar-refractivity contribution in [3.05, 3.63) is 18.2 Å². The van der Waals surface area contributed by atoms with Gasteiger partial charge in [0.2, 0.25) is 0 Å². The van der Waals surface area contributed by atoms with E-state index < -0.39 is 0 Å². The van der Waals surface area contributed by atoms with Crippen molar-refractivity contribution >= 4 is 32.4 Å². The minimum absolute atomic E-state index is 0.817. The number of benzene rings is 1. The number of anilines is 2. The maximum atomic E-state index is 5.82. The summed E-state index contributed by atoms with van der Waals surface area (Å²) in [5, 5.41) is 1.12. The average molecular weight is 275 g/mol. The fourth-order valence-corrected chi connectivity index (χ4v) is 3.91. The molecule has 102 valence electrons. The molecule has 0 aliphatic heterocycles. The van der Waals surface area contributed by atoms with Crippen molar-refractivity contribution in [3.8, 4) is 0 Å². The number of thiazole rings is 1. The van der Waals surface area contributed by atoms with Crippen LogP contribution in [0.4, 0.5) is 10.8 Å². The SMILES string of the molecule is CN(CC1CCCCC1)c1nc2ccc(N)cc2s1. The maximum Gasteiger partial charge on any atom is 0.186 e. The Kier molecular flexibility index (Phi) is 3.60. The van der Waals surface area contributed by atoms with Gasteiger partial charge in [0.1, 0.15) is 0 Å². The molecule has 0 unspecified atom stereocenters. The molecule has 3 rings (SSSR count). The van der Waals surface area contributed by atoms with Crippen molar-refractivity contribution in [2.45, 2.75) is 32.1 Å². The summed E-state index contributed by atoms with van der Waals surface area (Å²) in [6.07, 6.45) is 6.97. The number of hydrogen-bond donors (Lipinski definition) is 1. The van der Waals surface area contributed by atoms with Gasteiger partial charge in [-0.25, -0.2) is 4.98 Å². The lowest BCUT2D eigenvalue weighted by molar-refractivity contribution is 0.362. The smallest absolute Gasteiger partial charge is 0.186 e. The molecule has 2 aromatic rings. The van der Waals surface area contributed by atoms with Crippen LogP contribution in [0.3, 0.4) is 0 Å². The normalized spacial score (nSPS) is 16.9. The first kappa shape index (κ1) is 12.7. The highest BCUT2D eigenvalue weighted by Crippen LogP contribution is 2.31. The van der Waals surface area contributed by atoms with Gasteiger partial charge in [0.15, 0.2) is 5.13 Å². The Balaban J connectivity index is 1.75. The zero-order chi connectivity index (χ0) is 13.2. The molecule has 0 radical (unpaired) electrons. The molecule has 1 aromatic heterocycles. The zero-order valence-corrected chi connectivity index (χ0v) is 12.2. The third-order valence-electron chi connectivity index (χ3n) is 3.98. The van der Waals surface area contributed by atoms with E-state index in [1.807, 2.05) is 18.2 Å². The van der Waals surface area contributed by atoms with Gasteiger partial charge in [0, 0.05) is 19.3 Å². The van der Waals surface area contributed by atoms with Crippen molar-refractivity contribution in [2.75, 3.05) is 24.2 Å². The van der Waals surface area contributed by atoms with E-state index in [-0.39, 0.29) is 0 Å². The van der Waals surface area contributed by atoms with Crippen molar-refractivity contribution in [1.29, 1.82) is 0 Å². The molecule has 2 N–H and O–H groups in total. The predicted octanol–water partition coefficient (Wildman–Crippen LogP) is 3.90. The first-order valence-corrected chi connectivity index (χ1v) is 7.91. The largest absolute Gasteiger partial charge is 0.399 e. The Bertz CT molecular complexity index is 558. The fourth-order valence-electron chi connectivity index (χ4n) is 2.93. The molecule has 1 fully saturated rings. The van der Waals surface area contributed by atoms with E-state index in [1.165, 1.54) is 36.8 Å². The van der Waals surface area contributed by atoms with Crippen molar-refractivity contribution in [1.82, 2.24) is 4.98 Å². The highest BCUT2D eigenvalue weighted by molar-refractivity contribution is 7.22. The molecular formula is C15H21N3S. The van der Waals surface area contributed by atoms with Gasteiger partial charge in [0.05, 0.1) is 10.2 Å². The molecule has 0 atom stereocenters. The van der Waals surface area contributed by atoms with Crippen LogP contribution in [-0.4, -0.2) is 18.6 Å². The first-order chi connectivity index (χ1) is 9.22. The molecule has 1 saturated carbocycles. The number of nitrogen functional groups attached to an aromatic ring is 1. The molecule has 4 heteroatoms. The lowest BCUT2D eigenvalue weighted by atomic mass is 9.89. The molecular weight excluding hydrogens is 254 g/mol. The summed E-state index contributed by atoms with van der Waals surface area (Å²) in [4.78, 5) is 7.02. The summed E-state index contributed by atoms with van der Waals surface area (Å²) in [6.45, 7) is 1.13. The minimum atomic E-state index is 0.817. The molecule has 0 saturated heterocycles. The van der Waals surface area contributed by atoms with Crippen LogP contribution >= 0.6 is 11.3 Å². The van der Waals surface area contributed by atoms with E-state index in [1.54, 1.807) is 11.3 Å². The Hall–Kier alpha value is -1.29. The highest BCUT2D eigenvalue weighted by atomic mass is 32.1. The van der Waals surface area contributed by atoms with Gasteiger partial charge in [-0.3, -0.25) is 0 Å². The first-order valence-electron chi connectivity index (χ1n) is 7.09. The minimum Gasteiger partial charge on any atom is -0.399 e. The molecule has 1 aliphatic rings. The van der Waals surface area contributed by atoms with E-state index in [4.69, 9.17) is 10.7 Å². The van der Waals surface area contributed by atoms with Gasteiger partial charge in [-0.05, 0) is 37.0 Å². The second kappa shape index (κ2) is 5.37. The number of fused-ring (bicyclic) bond motifs is 1. The Morgan fingerprint density at radius 2 is 2.11 bits per heavy atom. The third-order valence-corrected chi connectivity index (χ3v) is 5.12. The monoisotopic (exact) mass is 275 g/mol. The standard InChI is InChI=1S/C15H21N3S/c1-18(10-11-5-3-2-4-6-11)15-17-13-8-7-12(16)9-14(13)19-15/h7-9,11H,2-6,10,16H2,1H3. The summed E-state index contributed by atoms with van der Waals surface area (Å²) in [6, 6.07) is 5.96. The quantitative estimate of drug-likeness (QED) is 0.864. The lowest BCUT2D eigenvalue weighted by Crippen LogP contribution is -2.26. The predicted molar refractivity (Wildman–Crippen MR) is 83.9 cm³/mol. The molecule has 1 aliphatic carbocycles. The summed E-state index contributed by atoms with van der Waals surface area (Å²) in [7, 11) is 2.16. The van der Waals surface area contributed by atoms with Crippen LogP contribution in [0.1, 0.15) is 32.1 Å². The van der Waals surface area contributed by atoms with Gasteiger partial charge >= 0.3 is 0 Å². The number of hydrogen-bond acceptors (Lipinski definition) is 4. The average Bonchev–Trinajstić information content (AvgIpc) is 2.83. The highest BCUT2D eigenvalue weighted by Gasteiger charge is 2.17. The van der Waals surface area contributed by atoms with E-state index >= 15 is 0 Å². The molecule has 1 heterocycles. The van der Waals surface area contributed by atoms with E-state index in [2.05, 4.69) is 11.9 Å². The van der Waals surface area contributed by atoms with Gasteiger partial charge in [-0.15, -0.1) is 0 Å². The van der Waals surface area contributed by atoms with Gasteiger partial charge < -0.3 is 10.6 Å². The summed E-state index contributed by atoms with van der Waals surface area (Å²) in [5.41, 5.74) is 7.70. The van der Waals surface area contributed by atoms with Crippen LogP contribution in [0.15, 0.2) is 18.2 Å². The van der Waals surface area contributed by atoms with E-state index in [0.29, 0.717) is 0 Å². The Morgan fingerprint density at radius 1 is 1.32 bits per heavy atom. The van der Waals surface area contributed by atoms with Gasteiger partial charge in [0.25, 0.3) is 0 Å². The van der Waals surface area contributed by atoms with Crippen LogP contribution < -0.4 is 10.6 Å². The molecule has 3 nitrogen and oxygen atoms in total. The molecule has 0 amide bonds. The maximum absolute atomic E-state index is 5.82. The molecule has 0 spiro atoms. The van der Waals surface area contributed by atoms with Crippen LogP contribution in [0.2, 0.25) is 0 Å². The second-order valence-electron chi connectivity index (χ2n) is 5.61. The topological polar surface area (TPSA) is 42.2 Å². The van der Waals surface area contributed by atoms with Crippen LogP contribution in [0.25, 0.3) is 10.2 Å². The van der Waals surface area contributed by atoms with Gasteiger partial charge in [-0.2, -0.15) is 0 Å². The number of aromatic nitrogens is 1. The zero-order valence-electron chi connectivity index (χ0n) is 11.4. The van der Waals surface area contributed by atoms with Crippen LogP contribution in [0.5, 0.6) is 0 Å². The molecule has 1 aromatic carbocycles. The number of nitrogens with two attached hydrogens (primary N) is 1. The summed E-state index contributed by atoms with van der Waals surface area (Å²) >= 11 is 1.74. The summed E-state index contributed by atoms with van der Waals surface area (Å²) < 4.78 is 1.19. The Morgan fingerprint density at radius 3 is 2.89 bits per heavy atom. The fraction of sp³-hybridized carbons (Fsp3) is 0.533. The third kappa shape index (κ3) is 2.84. The summed E-state index contributed by atoms with van der Waals surface area (Å²) in [5.74, 6) is 0.843. The van der Waals surface area contributed by atoms with E-state index in [9.17, 15) is 0 Å². The lowest BCUT2D eigenvalue weighted by Gasteiger charge is -2.26. The van der Waals surface area contributed by atoms with Crippen molar-refractivity contribution in [3.63, 3.8) is 0 Å². The number of nitrogens with zero attached hydrogens (tertiary/aromatic N) is 2.